The number of nitrogens with zero attached hydrogens (tertiary/aromatic N) is 2. The van der Waals surface area contributed by atoms with Crippen LogP contribution in [0.1, 0.15) is 20.7 Å². The molecule has 1 amide bonds. The zero-order chi connectivity index (χ0) is 24.2. The van der Waals surface area contributed by atoms with Gasteiger partial charge in [0.15, 0.2) is 0 Å². The second-order valence-corrected chi connectivity index (χ2v) is 8.66. The van der Waals surface area contributed by atoms with Crippen molar-refractivity contribution in [1.29, 1.82) is 0 Å². The first-order valence-corrected chi connectivity index (χ1v) is 11.4. The molecule has 0 aromatic heterocycles. The molecule has 0 bridgehead atoms. The molecule has 1 fully saturated rings. The summed E-state index contributed by atoms with van der Waals surface area (Å²) < 4.78 is 5.49. The van der Waals surface area contributed by atoms with Crippen molar-refractivity contribution in [2.75, 3.05) is 48.4 Å². The molecule has 1 aliphatic rings. The van der Waals surface area contributed by atoms with Gasteiger partial charge in [0, 0.05) is 41.8 Å². The summed E-state index contributed by atoms with van der Waals surface area (Å²) in [5.41, 5.74) is 2.64. The first kappa shape index (κ1) is 23.7. The second-order valence-electron chi connectivity index (χ2n) is 7.79. The molecule has 0 atom stereocenters. The van der Waals surface area contributed by atoms with E-state index in [0.29, 0.717) is 47.5 Å². The molecule has 176 valence electrons. The van der Waals surface area contributed by atoms with E-state index in [1.54, 1.807) is 49.6 Å². The van der Waals surface area contributed by atoms with Crippen LogP contribution in [0.15, 0.2) is 60.7 Å². The van der Waals surface area contributed by atoms with Gasteiger partial charge in [0.2, 0.25) is 0 Å². The number of aromatic carboxylic acids is 1. The summed E-state index contributed by atoms with van der Waals surface area (Å²) in [5.74, 6) is -0.659. The van der Waals surface area contributed by atoms with Gasteiger partial charge in [-0.3, -0.25) is 4.79 Å². The molecule has 7 nitrogen and oxygen atoms in total. The third-order valence-corrected chi connectivity index (χ3v) is 6.19. The predicted molar refractivity (Wildman–Crippen MR) is 135 cm³/mol. The molecule has 1 aliphatic heterocycles. The Labute approximate surface area is 207 Å². The zero-order valence-corrected chi connectivity index (χ0v) is 19.9. The van der Waals surface area contributed by atoms with Crippen LogP contribution in [0.5, 0.6) is 5.75 Å². The maximum Gasteiger partial charge on any atom is 0.335 e. The lowest BCUT2D eigenvalue weighted by Crippen LogP contribution is -2.47. The number of hydrogen-bond donors (Lipinski definition) is 2. The average molecular weight is 500 g/mol. The number of nitrogens with one attached hydrogen (secondary N) is 1. The number of rotatable bonds is 6. The zero-order valence-electron chi connectivity index (χ0n) is 18.4. The summed E-state index contributed by atoms with van der Waals surface area (Å²) in [4.78, 5) is 28.7. The highest BCUT2D eigenvalue weighted by molar-refractivity contribution is 6.31. The van der Waals surface area contributed by atoms with Crippen LogP contribution in [0.2, 0.25) is 10.0 Å². The maximum absolute atomic E-state index is 12.8. The number of benzene rings is 3. The van der Waals surface area contributed by atoms with Gasteiger partial charge < -0.3 is 25.0 Å². The number of carboxylic acid groups (broad SMARTS) is 1. The van der Waals surface area contributed by atoms with Crippen molar-refractivity contribution in [3.8, 4) is 5.75 Å². The number of methoxy groups -OCH3 is 1. The van der Waals surface area contributed by atoms with Crippen molar-refractivity contribution in [2.24, 2.45) is 0 Å². The van der Waals surface area contributed by atoms with Crippen molar-refractivity contribution in [2.45, 2.75) is 0 Å². The van der Waals surface area contributed by atoms with Crippen LogP contribution in [-0.4, -0.2) is 50.3 Å². The first-order valence-electron chi connectivity index (χ1n) is 10.6. The molecular formula is C25H23Cl2N3O4. The van der Waals surface area contributed by atoms with E-state index < -0.39 is 5.97 Å². The standard InChI is InChI=1S/C25H23Cl2N3O4/c1-34-23-9-7-19(27)15-22(23)30-12-10-29(11-13-30)21-8-4-17(25(32)33)14-20(21)28-24(31)16-2-5-18(26)6-3-16/h2-9,14-15H,10-13H2,1H3,(H,28,31)(H,32,33). The molecule has 0 unspecified atom stereocenters. The van der Waals surface area contributed by atoms with E-state index in [1.165, 1.54) is 6.07 Å². The van der Waals surface area contributed by atoms with E-state index >= 15 is 0 Å². The van der Waals surface area contributed by atoms with Gasteiger partial charge in [-0.25, -0.2) is 4.79 Å². The minimum atomic E-state index is -1.06. The molecule has 2 N–H and O–H groups in total. The Hall–Kier alpha value is -3.42. The summed E-state index contributed by atoms with van der Waals surface area (Å²) in [5, 5.41) is 13.5. The van der Waals surface area contributed by atoms with Gasteiger partial charge in [-0.1, -0.05) is 23.2 Å². The lowest BCUT2D eigenvalue weighted by atomic mass is 10.1. The number of piperazine rings is 1. The van der Waals surface area contributed by atoms with Crippen LogP contribution in [-0.2, 0) is 0 Å². The number of ether oxygens (including phenoxy) is 1. The van der Waals surface area contributed by atoms with Crippen molar-refractivity contribution >= 4 is 52.1 Å². The van der Waals surface area contributed by atoms with Crippen molar-refractivity contribution in [3.05, 3.63) is 81.8 Å². The smallest absolute Gasteiger partial charge is 0.335 e. The summed E-state index contributed by atoms with van der Waals surface area (Å²) in [7, 11) is 1.63. The Morgan fingerprint density at radius 1 is 0.824 bits per heavy atom. The van der Waals surface area contributed by atoms with Crippen LogP contribution < -0.4 is 19.9 Å². The Morgan fingerprint density at radius 3 is 2.03 bits per heavy atom. The number of anilines is 3. The van der Waals surface area contributed by atoms with Gasteiger partial charge in [0.1, 0.15) is 5.75 Å². The van der Waals surface area contributed by atoms with E-state index in [-0.39, 0.29) is 11.5 Å². The summed E-state index contributed by atoms with van der Waals surface area (Å²) >= 11 is 12.1. The molecule has 4 rings (SSSR count). The van der Waals surface area contributed by atoms with Crippen molar-refractivity contribution in [1.82, 2.24) is 0 Å². The second kappa shape index (κ2) is 10.2. The van der Waals surface area contributed by atoms with Crippen molar-refractivity contribution in [3.63, 3.8) is 0 Å². The molecule has 3 aromatic carbocycles. The van der Waals surface area contributed by atoms with E-state index in [4.69, 9.17) is 27.9 Å². The maximum atomic E-state index is 12.8. The van der Waals surface area contributed by atoms with Gasteiger partial charge in [-0.2, -0.15) is 0 Å². The lowest BCUT2D eigenvalue weighted by molar-refractivity contribution is 0.0696. The average Bonchev–Trinajstić information content (AvgIpc) is 2.84. The summed E-state index contributed by atoms with van der Waals surface area (Å²) in [6.07, 6.45) is 0. The molecule has 0 radical (unpaired) electrons. The van der Waals surface area contributed by atoms with Gasteiger partial charge in [-0.15, -0.1) is 0 Å². The fraction of sp³-hybridized carbons (Fsp3) is 0.200. The third kappa shape index (κ3) is 5.21. The van der Waals surface area contributed by atoms with Crippen LogP contribution in [0.3, 0.4) is 0 Å². The minimum Gasteiger partial charge on any atom is -0.495 e. The van der Waals surface area contributed by atoms with Crippen LogP contribution >= 0.6 is 23.2 Å². The Kier molecular flexibility index (Phi) is 7.14. The third-order valence-electron chi connectivity index (χ3n) is 5.70. The predicted octanol–water partition coefficient (Wildman–Crippen LogP) is 5.28. The monoisotopic (exact) mass is 499 g/mol. The largest absolute Gasteiger partial charge is 0.495 e. The first-order chi connectivity index (χ1) is 16.4. The van der Waals surface area contributed by atoms with Gasteiger partial charge in [-0.05, 0) is 60.7 Å². The molecule has 0 saturated carbocycles. The highest BCUT2D eigenvalue weighted by atomic mass is 35.5. The van der Waals surface area contributed by atoms with Crippen LogP contribution in [0.25, 0.3) is 0 Å². The number of carbonyl (C=O) groups is 2. The van der Waals surface area contributed by atoms with E-state index in [2.05, 4.69) is 15.1 Å². The van der Waals surface area contributed by atoms with Crippen LogP contribution in [0, 0.1) is 0 Å². The number of amides is 1. The molecule has 0 aliphatic carbocycles. The fourth-order valence-corrected chi connectivity index (χ4v) is 4.23. The molecule has 1 saturated heterocycles. The summed E-state index contributed by atoms with van der Waals surface area (Å²) in [6, 6.07) is 16.8. The Balaban J connectivity index is 1.56. The fourth-order valence-electron chi connectivity index (χ4n) is 3.94. The SMILES string of the molecule is COc1ccc(Cl)cc1N1CCN(c2ccc(C(=O)O)cc2NC(=O)c2ccc(Cl)cc2)CC1. The highest BCUT2D eigenvalue weighted by Gasteiger charge is 2.23. The number of hydrogen-bond acceptors (Lipinski definition) is 5. The lowest BCUT2D eigenvalue weighted by Gasteiger charge is -2.38. The molecule has 1 heterocycles. The van der Waals surface area contributed by atoms with E-state index in [9.17, 15) is 14.7 Å². The molecule has 34 heavy (non-hydrogen) atoms. The number of carboxylic acids is 1. The topological polar surface area (TPSA) is 82.1 Å². The van der Waals surface area contributed by atoms with Gasteiger partial charge in [0.25, 0.3) is 5.91 Å². The number of carbonyl (C=O) groups excluding carboxylic acids is 1. The quantitative estimate of drug-likeness (QED) is 0.480. The Morgan fingerprint density at radius 2 is 1.41 bits per heavy atom. The molecule has 0 spiro atoms. The van der Waals surface area contributed by atoms with Crippen molar-refractivity contribution < 1.29 is 19.4 Å². The van der Waals surface area contributed by atoms with Gasteiger partial charge >= 0.3 is 5.97 Å². The minimum absolute atomic E-state index is 0.0949. The molecule has 3 aromatic rings. The van der Waals surface area contributed by atoms with Crippen LogP contribution in [0.4, 0.5) is 17.1 Å². The molecular weight excluding hydrogens is 477 g/mol. The van der Waals surface area contributed by atoms with Gasteiger partial charge in [0.05, 0.1) is 29.7 Å². The molecule has 9 heteroatoms. The van der Waals surface area contributed by atoms with E-state index in [0.717, 1.165) is 17.1 Å². The van der Waals surface area contributed by atoms with E-state index in [1.807, 2.05) is 12.1 Å². The Bertz CT molecular complexity index is 1210. The highest BCUT2D eigenvalue weighted by Crippen LogP contribution is 2.34. The summed E-state index contributed by atoms with van der Waals surface area (Å²) in [6.45, 7) is 2.71. The normalized spacial score (nSPS) is 13.5. The number of halogens is 2.